The summed E-state index contributed by atoms with van der Waals surface area (Å²) in [5.74, 6) is 2.84. The van der Waals surface area contributed by atoms with E-state index in [-0.39, 0.29) is 11.9 Å². The molecule has 0 spiro atoms. The molecule has 0 unspecified atom stereocenters. The number of halogens is 1. The molecule has 1 N–H and O–H groups in total. The smallest absolute Gasteiger partial charge is 0.252 e. The topological polar surface area (TPSA) is 29.1 Å². The number of hydrogen-bond acceptors (Lipinski definition) is 1. The average Bonchev–Trinajstić information content (AvgIpc) is 2.46. The Kier molecular flexibility index (Phi) is 3.60. The summed E-state index contributed by atoms with van der Waals surface area (Å²) in [6.45, 7) is 2.24. The molecule has 1 amide bonds. The van der Waals surface area contributed by atoms with Crippen molar-refractivity contribution in [1.29, 1.82) is 0 Å². The first-order valence-corrected chi connectivity index (χ1v) is 9.40. The molecule has 22 heavy (non-hydrogen) atoms. The Balaban J connectivity index is 1.52. The standard InChI is InChI=1S/C19H24BrNO/c1-12(21-18(22)16-4-2-3-5-17(16)20)19-9-13-6-14(10-19)8-15(7-13)11-19/h2-5,12-15H,6-11H2,1H3,(H,21,22)/t12-,13?,14?,15?,19?/m0/s1. The van der Waals surface area contributed by atoms with Gasteiger partial charge in [0.15, 0.2) is 0 Å². The van der Waals surface area contributed by atoms with E-state index in [1.807, 2.05) is 24.3 Å². The first kappa shape index (κ1) is 14.7. The summed E-state index contributed by atoms with van der Waals surface area (Å²) in [5, 5.41) is 3.33. The van der Waals surface area contributed by atoms with Gasteiger partial charge in [0, 0.05) is 10.5 Å². The molecule has 5 rings (SSSR count). The van der Waals surface area contributed by atoms with E-state index in [4.69, 9.17) is 0 Å². The first-order chi connectivity index (χ1) is 10.6. The second-order valence-corrected chi connectivity index (χ2v) is 8.81. The minimum Gasteiger partial charge on any atom is -0.349 e. The summed E-state index contributed by atoms with van der Waals surface area (Å²) >= 11 is 3.49. The Morgan fingerprint density at radius 1 is 1.14 bits per heavy atom. The second kappa shape index (κ2) is 5.36. The number of rotatable bonds is 3. The summed E-state index contributed by atoms with van der Waals surface area (Å²) in [7, 11) is 0. The van der Waals surface area contributed by atoms with E-state index >= 15 is 0 Å². The molecule has 0 radical (unpaired) electrons. The van der Waals surface area contributed by atoms with Crippen LogP contribution >= 0.6 is 15.9 Å². The highest BCUT2D eigenvalue weighted by molar-refractivity contribution is 9.10. The lowest BCUT2D eigenvalue weighted by molar-refractivity contribution is -0.0688. The summed E-state index contributed by atoms with van der Waals surface area (Å²) in [6.07, 6.45) is 8.33. The van der Waals surface area contributed by atoms with Crippen LogP contribution in [0.15, 0.2) is 28.7 Å². The molecule has 0 aliphatic heterocycles. The highest BCUT2D eigenvalue weighted by Gasteiger charge is 2.53. The van der Waals surface area contributed by atoms with Gasteiger partial charge in [0.1, 0.15) is 0 Å². The Labute approximate surface area is 141 Å². The lowest BCUT2D eigenvalue weighted by Crippen LogP contribution is -2.55. The van der Waals surface area contributed by atoms with E-state index in [1.165, 1.54) is 38.5 Å². The fraction of sp³-hybridized carbons (Fsp3) is 0.632. The van der Waals surface area contributed by atoms with Gasteiger partial charge in [-0.1, -0.05) is 12.1 Å². The van der Waals surface area contributed by atoms with Crippen LogP contribution in [0.2, 0.25) is 0 Å². The minimum absolute atomic E-state index is 0.0655. The van der Waals surface area contributed by atoms with Gasteiger partial charge in [0.25, 0.3) is 5.91 Å². The van der Waals surface area contributed by atoms with Crippen LogP contribution in [0.1, 0.15) is 55.8 Å². The molecule has 4 bridgehead atoms. The molecule has 3 heteroatoms. The molecular formula is C19H24BrNO. The van der Waals surface area contributed by atoms with Crippen molar-refractivity contribution in [3.8, 4) is 0 Å². The predicted molar refractivity (Wildman–Crippen MR) is 91.7 cm³/mol. The molecule has 2 nitrogen and oxygen atoms in total. The second-order valence-electron chi connectivity index (χ2n) is 7.95. The summed E-state index contributed by atoms with van der Waals surface area (Å²) < 4.78 is 0.880. The third-order valence-electron chi connectivity index (χ3n) is 6.47. The Bertz CT molecular complexity index is 562. The third-order valence-corrected chi connectivity index (χ3v) is 7.16. The van der Waals surface area contributed by atoms with Gasteiger partial charge in [-0.05, 0) is 96.7 Å². The Morgan fingerprint density at radius 3 is 2.23 bits per heavy atom. The number of carbonyl (C=O) groups is 1. The van der Waals surface area contributed by atoms with Crippen molar-refractivity contribution in [1.82, 2.24) is 5.32 Å². The van der Waals surface area contributed by atoms with E-state index in [0.29, 0.717) is 5.41 Å². The van der Waals surface area contributed by atoms with Gasteiger partial charge in [0.2, 0.25) is 0 Å². The molecule has 1 aromatic rings. The first-order valence-electron chi connectivity index (χ1n) is 8.61. The van der Waals surface area contributed by atoms with Crippen LogP contribution < -0.4 is 5.32 Å². The maximum atomic E-state index is 12.6. The van der Waals surface area contributed by atoms with Crippen molar-refractivity contribution in [2.24, 2.45) is 23.2 Å². The van der Waals surface area contributed by atoms with E-state index < -0.39 is 0 Å². The molecule has 1 atom stereocenters. The van der Waals surface area contributed by atoms with Crippen LogP contribution in [0.25, 0.3) is 0 Å². The summed E-state index contributed by atoms with van der Waals surface area (Å²) in [6, 6.07) is 7.98. The number of nitrogens with one attached hydrogen (secondary N) is 1. The van der Waals surface area contributed by atoms with Crippen LogP contribution in [0.3, 0.4) is 0 Å². The molecule has 4 fully saturated rings. The number of carbonyl (C=O) groups excluding carboxylic acids is 1. The van der Waals surface area contributed by atoms with Crippen LogP contribution in [0.4, 0.5) is 0 Å². The molecular weight excluding hydrogens is 338 g/mol. The van der Waals surface area contributed by atoms with Gasteiger partial charge >= 0.3 is 0 Å². The van der Waals surface area contributed by atoms with Crippen molar-refractivity contribution < 1.29 is 4.79 Å². The molecule has 1 aromatic carbocycles. The maximum absolute atomic E-state index is 12.6. The zero-order valence-corrected chi connectivity index (χ0v) is 14.7. The van der Waals surface area contributed by atoms with Gasteiger partial charge in [-0.25, -0.2) is 0 Å². The van der Waals surface area contributed by atoms with Crippen molar-refractivity contribution >= 4 is 21.8 Å². The molecule has 118 valence electrons. The number of benzene rings is 1. The molecule has 0 saturated heterocycles. The van der Waals surface area contributed by atoms with Gasteiger partial charge in [-0.3, -0.25) is 4.79 Å². The van der Waals surface area contributed by atoms with Gasteiger partial charge < -0.3 is 5.32 Å². The fourth-order valence-corrected chi connectivity index (χ4v) is 6.25. The van der Waals surface area contributed by atoms with E-state index in [2.05, 4.69) is 28.2 Å². The van der Waals surface area contributed by atoms with Crippen molar-refractivity contribution in [2.75, 3.05) is 0 Å². The zero-order valence-electron chi connectivity index (χ0n) is 13.1. The molecule has 4 saturated carbocycles. The average molecular weight is 362 g/mol. The van der Waals surface area contributed by atoms with Gasteiger partial charge in [-0.2, -0.15) is 0 Å². The van der Waals surface area contributed by atoms with Crippen LogP contribution in [0, 0.1) is 23.2 Å². The minimum atomic E-state index is 0.0655. The predicted octanol–water partition coefficient (Wildman–Crippen LogP) is 4.78. The van der Waals surface area contributed by atoms with Crippen molar-refractivity contribution in [2.45, 2.75) is 51.5 Å². The summed E-state index contributed by atoms with van der Waals surface area (Å²) in [4.78, 5) is 12.6. The van der Waals surface area contributed by atoms with E-state index in [1.54, 1.807) is 0 Å². The van der Waals surface area contributed by atoms with Gasteiger partial charge in [0.05, 0.1) is 5.56 Å². The number of hydrogen-bond donors (Lipinski definition) is 1. The summed E-state index contributed by atoms with van der Waals surface area (Å²) in [5.41, 5.74) is 1.12. The molecule has 4 aliphatic rings. The SMILES string of the molecule is C[C@H](NC(=O)c1ccccc1Br)C12CC3CC(CC(C3)C1)C2. The zero-order chi connectivity index (χ0) is 15.3. The van der Waals surface area contributed by atoms with Gasteiger partial charge in [-0.15, -0.1) is 0 Å². The fourth-order valence-electron chi connectivity index (χ4n) is 5.78. The lowest BCUT2D eigenvalue weighted by Gasteiger charge is -2.59. The third kappa shape index (κ3) is 2.42. The highest BCUT2D eigenvalue weighted by atomic mass is 79.9. The monoisotopic (exact) mass is 361 g/mol. The van der Waals surface area contributed by atoms with Crippen LogP contribution in [0.5, 0.6) is 0 Å². The van der Waals surface area contributed by atoms with Crippen molar-refractivity contribution in [3.63, 3.8) is 0 Å². The largest absolute Gasteiger partial charge is 0.349 e. The molecule has 4 aliphatic carbocycles. The van der Waals surface area contributed by atoms with Crippen LogP contribution in [-0.4, -0.2) is 11.9 Å². The maximum Gasteiger partial charge on any atom is 0.252 e. The van der Waals surface area contributed by atoms with Crippen LogP contribution in [-0.2, 0) is 0 Å². The Hall–Kier alpha value is -0.830. The normalized spacial score (nSPS) is 37.1. The molecule has 0 aromatic heterocycles. The quantitative estimate of drug-likeness (QED) is 0.824. The highest BCUT2D eigenvalue weighted by Crippen LogP contribution is 2.61. The lowest BCUT2D eigenvalue weighted by atomic mass is 9.48. The van der Waals surface area contributed by atoms with Crippen molar-refractivity contribution in [3.05, 3.63) is 34.3 Å². The number of amides is 1. The van der Waals surface area contributed by atoms with E-state index in [9.17, 15) is 4.79 Å². The molecule has 0 heterocycles. The Morgan fingerprint density at radius 2 is 1.68 bits per heavy atom. The van der Waals surface area contributed by atoms with E-state index in [0.717, 1.165) is 27.8 Å².